The van der Waals surface area contributed by atoms with Gasteiger partial charge in [-0.1, -0.05) is 6.07 Å². The minimum absolute atomic E-state index is 0.277. The molecule has 1 aromatic carbocycles. The van der Waals surface area contributed by atoms with Crippen LogP contribution in [0.2, 0.25) is 0 Å². The zero-order chi connectivity index (χ0) is 15.5. The van der Waals surface area contributed by atoms with E-state index in [1.54, 1.807) is 25.3 Å². The van der Waals surface area contributed by atoms with Crippen molar-refractivity contribution in [2.75, 3.05) is 12.4 Å². The van der Waals surface area contributed by atoms with Gasteiger partial charge in [0, 0.05) is 16.4 Å². The van der Waals surface area contributed by atoms with Gasteiger partial charge in [0.2, 0.25) is 10.0 Å². The van der Waals surface area contributed by atoms with E-state index in [1.165, 1.54) is 7.05 Å². The number of halogens is 1. The summed E-state index contributed by atoms with van der Waals surface area (Å²) in [5.74, 6) is 0. The number of benzene rings is 1. The molecule has 2 aromatic rings. The molecule has 0 aliphatic heterocycles. The normalized spacial score (nSPS) is 11.4. The zero-order valence-electron chi connectivity index (χ0n) is 11.7. The lowest BCUT2D eigenvalue weighted by Crippen LogP contribution is -2.19. The number of hydrogen-bond donors (Lipinski definition) is 2. The molecule has 112 valence electrons. The first-order valence-corrected chi connectivity index (χ1v) is 8.58. The van der Waals surface area contributed by atoms with Crippen molar-refractivity contribution in [1.82, 2.24) is 9.71 Å². The zero-order valence-corrected chi connectivity index (χ0v) is 14.1. The molecule has 5 nitrogen and oxygen atoms in total. The van der Waals surface area contributed by atoms with E-state index in [0.717, 1.165) is 15.9 Å². The molecule has 0 unspecified atom stereocenters. The largest absolute Gasteiger partial charge is 0.379 e. The van der Waals surface area contributed by atoms with Crippen molar-refractivity contribution < 1.29 is 8.42 Å². The van der Waals surface area contributed by atoms with E-state index in [1.807, 2.05) is 18.2 Å². The Morgan fingerprint density at radius 2 is 2.00 bits per heavy atom. The molecule has 0 aliphatic rings. The average Bonchev–Trinajstić information content (AvgIpc) is 2.48. The molecule has 1 heterocycles. The second kappa shape index (κ2) is 6.55. The van der Waals surface area contributed by atoms with E-state index in [2.05, 4.69) is 31.0 Å². The van der Waals surface area contributed by atoms with Gasteiger partial charge in [0.05, 0.1) is 17.1 Å². The molecule has 2 N–H and O–H groups in total. The van der Waals surface area contributed by atoms with Crippen LogP contribution in [0.1, 0.15) is 11.3 Å². The van der Waals surface area contributed by atoms with Crippen LogP contribution in [0.5, 0.6) is 0 Å². The van der Waals surface area contributed by atoms with Crippen molar-refractivity contribution in [3.05, 3.63) is 52.3 Å². The van der Waals surface area contributed by atoms with Gasteiger partial charge in [-0.25, -0.2) is 13.1 Å². The summed E-state index contributed by atoms with van der Waals surface area (Å²) in [6.07, 6.45) is 1.73. The highest BCUT2D eigenvalue weighted by atomic mass is 79.9. The lowest BCUT2D eigenvalue weighted by Gasteiger charge is -2.11. The fraction of sp³-hybridized carbons (Fsp3) is 0.214. The molecule has 0 amide bonds. The number of aromatic nitrogens is 1. The molecule has 0 saturated carbocycles. The van der Waals surface area contributed by atoms with Gasteiger partial charge in [0.15, 0.2) is 0 Å². The van der Waals surface area contributed by atoms with E-state index in [-0.39, 0.29) is 4.90 Å². The number of pyridine rings is 1. The minimum atomic E-state index is -3.45. The van der Waals surface area contributed by atoms with Crippen LogP contribution in [0.15, 0.2) is 45.9 Å². The lowest BCUT2D eigenvalue weighted by atomic mass is 10.2. The Balaban J connectivity index is 2.18. The summed E-state index contributed by atoms with van der Waals surface area (Å²) in [6.45, 7) is 2.29. The summed E-state index contributed by atoms with van der Waals surface area (Å²) in [5.41, 5.74) is 2.31. The van der Waals surface area contributed by atoms with Gasteiger partial charge in [-0.3, -0.25) is 4.98 Å². The quantitative estimate of drug-likeness (QED) is 0.849. The monoisotopic (exact) mass is 369 g/mol. The van der Waals surface area contributed by atoms with Crippen LogP contribution >= 0.6 is 15.9 Å². The second-order valence-corrected chi connectivity index (χ2v) is 7.28. The SMILES string of the molecule is CNS(=O)(=O)c1cc(NCc2ccc(Br)cn2)ccc1C. The molecule has 0 saturated heterocycles. The molecule has 0 bridgehead atoms. The Hall–Kier alpha value is -1.44. The third kappa shape index (κ3) is 4.03. The molecule has 7 heteroatoms. The summed E-state index contributed by atoms with van der Waals surface area (Å²) in [7, 11) is -2.05. The molecule has 21 heavy (non-hydrogen) atoms. The van der Waals surface area contributed by atoms with Crippen molar-refractivity contribution in [3.63, 3.8) is 0 Å². The van der Waals surface area contributed by atoms with Gasteiger partial charge in [-0.05, 0) is 59.7 Å². The maximum Gasteiger partial charge on any atom is 0.240 e. The summed E-state index contributed by atoms with van der Waals surface area (Å²) in [4.78, 5) is 4.53. The van der Waals surface area contributed by atoms with E-state index in [9.17, 15) is 8.42 Å². The van der Waals surface area contributed by atoms with Crippen molar-refractivity contribution in [2.24, 2.45) is 0 Å². The van der Waals surface area contributed by atoms with Gasteiger partial charge < -0.3 is 5.32 Å². The predicted molar refractivity (Wildman–Crippen MR) is 86.7 cm³/mol. The average molecular weight is 370 g/mol. The van der Waals surface area contributed by atoms with Crippen LogP contribution in [-0.2, 0) is 16.6 Å². The molecular formula is C14H16BrN3O2S. The lowest BCUT2D eigenvalue weighted by molar-refractivity contribution is 0.587. The second-order valence-electron chi connectivity index (χ2n) is 4.51. The summed E-state index contributed by atoms with van der Waals surface area (Å²) < 4.78 is 27.1. The fourth-order valence-corrected chi connectivity index (χ4v) is 3.04. The topological polar surface area (TPSA) is 71.1 Å². The molecule has 1 aromatic heterocycles. The van der Waals surface area contributed by atoms with Crippen LogP contribution in [-0.4, -0.2) is 20.4 Å². The highest BCUT2D eigenvalue weighted by molar-refractivity contribution is 9.10. The molecule has 0 aliphatic carbocycles. The summed E-state index contributed by atoms with van der Waals surface area (Å²) in [6, 6.07) is 9.07. The summed E-state index contributed by atoms with van der Waals surface area (Å²) >= 11 is 3.33. The Morgan fingerprint density at radius 3 is 2.62 bits per heavy atom. The number of nitrogens with zero attached hydrogens (tertiary/aromatic N) is 1. The van der Waals surface area contributed by atoms with Gasteiger partial charge in [-0.2, -0.15) is 0 Å². The van der Waals surface area contributed by atoms with Gasteiger partial charge in [-0.15, -0.1) is 0 Å². The van der Waals surface area contributed by atoms with Crippen LogP contribution in [0.25, 0.3) is 0 Å². The molecule has 0 atom stereocenters. The van der Waals surface area contributed by atoms with Crippen molar-refractivity contribution >= 4 is 31.6 Å². The van der Waals surface area contributed by atoms with Crippen LogP contribution in [0.3, 0.4) is 0 Å². The van der Waals surface area contributed by atoms with Crippen LogP contribution in [0, 0.1) is 6.92 Å². The molecule has 0 spiro atoms. The standard InChI is InChI=1S/C14H16BrN3O2S/c1-10-3-5-12(7-14(10)21(19,20)16-2)18-9-13-6-4-11(15)8-17-13/h3-8,16,18H,9H2,1-2H3. The maximum atomic E-state index is 11.9. The van der Waals surface area contributed by atoms with Crippen molar-refractivity contribution in [3.8, 4) is 0 Å². The highest BCUT2D eigenvalue weighted by Gasteiger charge is 2.14. The smallest absolute Gasteiger partial charge is 0.240 e. The van der Waals surface area contributed by atoms with Gasteiger partial charge in [0.1, 0.15) is 0 Å². The third-order valence-corrected chi connectivity index (χ3v) is 5.03. The number of aryl methyl sites for hydroxylation is 1. The number of anilines is 1. The van der Waals surface area contributed by atoms with Gasteiger partial charge >= 0.3 is 0 Å². The molecule has 0 fully saturated rings. The first-order chi connectivity index (χ1) is 9.92. The van der Waals surface area contributed by atoms with Crippen LogP contribution in [0.4, 0.5) is 5.69 Å². The Labute approximate surface area is 133 Å². The van der Waals surface area contributed by atoms with Crippen molar-refractivity contribution in [2.45, 2.75) is 18.4 Å². The number of sulfonamides is 1. The van der Waals surface area contributed by atoms with E-state index in [0.29, 0.717) is 12.1 Å². The van der Waals surface area contributed by atoms with E-state index >= 15 is 0 Å². The van der Waals surface area contributed by atoms with E-state index in [4.69, 9.17) is 0 Å². The Kier molecular flexibility index (Phi) is 4.97. The van der Waals surface area contributed by atoms with Gasteiger partial charge in [0.25, 0.3) is 0 Å². The van der Waals surface area contributed by atoms with Crippen molar-refractivity contribution in [1.29, 1.82) is 0 Å². The van der Waals surface area contributed by atoms with Crippen LogP contribution < -0.4 is 10.0 Å². The molecular weight excluding hydrogens is 354 g/mol. The minimum Gasteiger partial charge on any atom is -0.379 e. The Morgan fingerprint density at radius 1 is 1.24 bits per heavy atom. The fourth-order valence-electron chi connectivity index (χ4n) is 1.81. The first kappa shape index (κ1) is 15.9. The third-order valence-electron chi connectivity index (χ3n) is 3.01. The highest BCUT2D eigenvalue weighted by Crippen LogP contribution is 2.20. The van der Waals surface area contributed by atoms with E-state index < -0.39 is 10.0 Å². The number of hydrogen-bond acceptors (Lipinski definition) is 4. The number of nitrogens with one attached hydrogen (secondary N) is 2. The predicted octanol–water partition coefficient (Wildman–Crippen LogP) is 2.67. The summed E-state index contributed by atoms with van der Waals surface area (Å²) in [5, 5.41) is 3.17. The first-order valence-electron chi connectivity index (χ1n) is 6.31. The molecule has 2 rings (SSSR count). The Bertz CT molecular complexity index is 730. The number of rotatable bonds is 5. The molecule has 0 radical (unpaired) electrons. The maximum absolute atomic E-state index is 11.9.